The van der Waals surface area contributed by atoms with Gasteiger partial charge in [0.15, 0.2) is 11.5 Å². The Morgan fingerprint density at radius 3 is 2.31 bits per heavy atom. The number of nitrogens with one attached hydrogen (secondary N) is 1. The zero-order valence-corrected chi connectivity index (χ0v) is 23.9. The van der Waals surface area contributed by atoms with Gasteiger partial charge in [0, 0.05) is 22.1 Å². The lowest BCUT2D eigenvalue weighted by Crippen LogP contribution is -2.38. The van der Waals surface area contributed by atoms with E-state index in [-0.39, 0.29) is 31.4 Å². The van der Waals surface area contributed by atoms with Gasteiger partial charge in [0.05, 0.1) is 32.7 Å². The summed E-state index contributed by atoms with van der Waals surface area (Å²) in [6.45, 7) is 3.18. The summed E-state index contributed by atoms with van der Waals surface area (Å²) in [7, 11) is 1.32. The van der Waals surface area contributed by atoms with E-state index in [1.54, 1.807) is 40.9 Å². The van der Waals surface area contributed by atoms with Crippen molar-refractivity contribution in [1.29, 1.82) is 0 Å². The van der Waals surface area contributed by atoms with Gasteiger partial charge < -0.3 is 24.4 Å². The third kappa shape index (κ3) is 8.06. The summed E-state index contributed by atoms with van der Waals surface area (Å²) in [5.74, 6) is -0.119. The predicted octanol–water partition coefficient (Wildman–Crippen LogP) is 5.68. The van der Waals surface area contributed by atoms with Crippen LogP contribution in [0.2, 0.25) is 0 Å². The monoisotopic (exact) mass is 570 g/mol. The third-order valence-electron chi connectivity index (χ3n) is 6.62. The van der Waals surface area contributed by atoms with Crippen LogP contribution in [0.3, 0.4) is 0 Å². The Morgan fingerprint density at radius 2 is 1.69 bits per heavy atom. The maximum absolute atomic E-state index is 13.6. The van der Waals surface area contributed by atoms with Crippen molar-refractivity contribution in [2.24, 2.45) is 5.92 Å². The molecule has 0 aliphatic carbocycles. The molecule has 0 saturated carbocycles. The Bertz CT molecular complexity index is 1190. The molecule has 3 heterocycles. The van der Waals surface area contributed by atoms with E-state index in [0.29, 0.717) is 36.6 Å². The number of nitrogens with zero attached hydrogens (tertiary/aromatic N) is 1. The van der Waals surface area contributed by atoms with Gasteiger partial charge in [-0.2, -0.15) is 0 Å². The van der Waals surface area contributed by atoms with Crippen molar-refractivity contribution >= 4 is 40.5 Å². The second kappa shape index (κ2) is 14.1. The third-order valence-corrected chi connectivity index (χ3v) is 8.34. The van der Waals surface area contributed by atoms with Crippen molar-refractivity contribution in [3.63, 3.8) is 0 Å². The number of fused-ring (bicyclic) bond motifs is 1. The fourth-order valence-corrected chi connectivity index (χ4v) is 5.89. The van der Waals surface area contributed by atoms with E-state index in [2.05, 4.69) is 12.2 Å². The number of unbranched alkanes of at least 4 members (excludes halogenated alkanes) is 1. The van der Waals surface area contributed by atoms with Gasteiger partial charge in [0.1, 0.15) is 0 Å². The van der Waals surface area contributed by atoms with Crippen LogP contribution in [-0.4, -0.2) is 36.6 Å². The fourth-order valence-electron chi connectivity index (χ4n) is 4.45. The van der Waals surface area contributed by atoms with Gasteiger partial charge >= 0.3 is 5.97 Å². The molecule has 0 spiro atoms. The van der Waals surface area contributed by atoms with Crippen molar-refractivity contribution in [1.82, 2.24) is 10.2 Å². The van der Waals surface area contributed by atoms with Crippen LogP contribution in [0.4, 0.5) is 0 Å². The molecule has 2 aromatic heterocycles. The first-order chi connectivity index (χ1) is 19.0. The Hall–Kier alpha value is -3.37. The van der Waals surface area contributed by atoms with E-state index >= 15 is 0 Å². The van der Waals surface area contributed by atoms with E-state index in [1.165, 1.54) is 7.11 Å². The number of ether oxygens (including phenoxy) is 3. The molecule has 1 N–H and O–H groups in total. The predicted molar refractivity (Wildman–Crippen MR) is 151 cm³/mol. The first-order valence-electron chi connectivity index (χ1n) is 13.1. The molecule has 2 atom stereocenters. The van der Waals surface area contributed by atoms with Crippen LogP contribution < -0.4 is 14.8 Å². The Kier molecular flexibility index (Phi) is 10.4. The van der Waals surface area contributed by atoms with Crippen molar-refractivity contribution < 1.29 is 28.6 Å². The first-order valence-corrected chi connectivity index (χ1v) is 14.8. The van der Waals surface area contributed by atoms with Crippen LogP contribution >= 0.6 is 22.7 Å². The summed E-state index contributed by atoms with van der Waals surface area (Å²) >= 11 is 3.22. The van der Waals surface area contributed by atoms with Gasteiger partial charge in [-0.1, -0.05) is 38.0 Å². The number of rotatable bonds is 14. The van der Waals surface area contributed by atoms with Gasteiger partial charge in [0.25, 0.3) is 0 Å². The summed E-state index contributed by atoms with van der Waals surface area (Å²) in [6.07, 6.45) is 2.34. The number of hydrogen-bond donors (Lipinski definition) is 1. The van der Waals surface area contributed by atoms with Gasteiger partial charge in [-0.3, -0.25) is 14.4 Å². The highest BCUT2D eigenvalue weighted by Crippen LogP contribution is 2.35. The summed E-state index contributed by atoms with van der Waals surface area (Å²) in [6, 6.07) is 12.7. The quantitative estimate of drug-likeness (QED) is 0.251. The number of methoxy groups -OCH3 is 1. The molecule has 2 amide bonds. The molecular weight excluding hydrogens is 536 g/mol. The highest BCUT2D eigenvalue weighted by atomic mass is 32.1. The van der Waals surface area contributed by atoms with Crippen LogP contribution in [-0.2, 0) is 32.2 Å². The number of esters is 1. The number of benzene rings is 1. The van der Waals surface area contributed by atoms with Gasteiger partial charge in [-0.05, 0) is 47.0 Å². The number of hydrogen-bond acceptors (Lipinski definition) is 8. The maximum Gasteiger partial charge on any atom is 0.307 e. The van der Waals surface area contributed by atoms with Crippen LogP contribution in [0.25, 0.3) is 0 Å². The largest absolute Gasteiger partial charge is 0.469 e. The lowest BCUT2D eigenvalue weighted by Gasteiger charge is -2.26. The molecule has 1 aliphatic heterocycles. The molecular formula is C29H34N2O6S2. The van der Waals surface area contributed by atoms with Gasteiger partial charge in [-0.15, -0.1) is 22.7 Å². The zero-order valence-electron chi connectivity index (χ0n) is 22.2. The molecule has 4 rings (SSSR count). The molecule has 0 unspecified atom stereocenters. The van der Waals surface area contributed by atoms with Crippen LogP contribution in [0.5, 0.6) is 11.5 Å². The lowest BCUT2D eigenvalue weighted by molar-refractivity contribution is -0.142. The number of carbonyl (C=O) groups is 3. The minimum atomic E-state index is -0.632. The van der Waals surface area contributed by atoms with Crippen molar-refractivity contribution in [2.75, 3.05) is 13.9 Å². The molecule has 0 bridgehead atoms. The number of thiophene rings is 2. The summed E-state index contributed by atoms with van der Waals surface area (Å²) in [5.41, 5.74) is 0.704. The Morgan fingerprint density at radius 1 is 1.00 bits per heavy atom. The van der Waals surface area contributed by atoms with E-state index in [9.17, 15) is 14.4 Å². The zero-order chi connectivity index (χ0) is 27.6. The summed E-state index contributed by atoms with van der Waals surface area (Å²) in [4.78, 5) is 43.5. The summed E-state index contributed by atoms with van der Waals surface area (Å²) in [5, 5.41) is 7.03. The minimum Gasteiger partial charge on any atom is -0.469 e. The van der Waals surface area contributed by atoms with Crippen LogP contribution in [0, 0.1) is 5.92 Å². The molecule has 8 nitrogen and oxygen atoms in total. The molecule has 208 valence electrons. The van der Waals surface area contributed by atoms with Gasteiger partial charge in [0.2, 0.25) is 18.6 Å². The molecule has 39 heavy (non-hydrogen) atoms. The van der Waals surface area contributed by atoms with Crippen molar-refractivity contribution in [2.45, 2.75) is 58.2 Å². The molecule has 1 aromatic carbocycles. The summed E-state index contributed by atoms with van der Waals surface area (Å²) < 4.78 is 15.8. The second-order valence-electron chi connectivity index (χ2n) is 9.41. The highest BCUT2D eigenvalue weighted by molar-refractivity contribution is 7.10. The van der Waals surface area contributed by atoms with Crippen LogP contribution in [0.15, 0.2) is 53.2 Å². The average Bonchev–Trinajstić information content (AvgIpc) is 3.73. The normalized spacial score (nSPS) is 13.5. The SMILES string of the molecule is CCCC[C@@H](CC(=O)N(Cc1cccs1)Cc1cccs1)C(=O)N[C@H](CC(=O)OC)c1ccc2c(c1)OCO2. The minimum absolute atomic E-state index is 0.0425. The van der Waals surface area contributed by atoms with Crippen molar-refractivity contribution in [3.8, 4) is 11.5 Å². The fraction of sp³-hybridized carbons (Fsp3) is 0.414. The molecule has 3 aromatic rings. The smallest absolute Gasteiger partial charge is 0.307 e. The Labute approximate surface area is 236 Å². The molecule has 0 saturated heterocycles. The van der Waals surface area contributed by atoms with E-state index in [0.717, 1.165) is 22.6 Å². The van der Waals surface area contributed by atoms with E-state index in [4.69, 9.17) is 14.2 Å². The molecule has 1 aliphatic rings. The van der Waals surface area contributed by atoms with Crippen LogP contribution in [0.1, 0.15) is 60.4 Å². The number of carbonyl (C=O) groups excluding carboxylic acids is 3. The van der Waals surface area contributed by atoms with Crippen molar-refractivity contribution in [3.05, 3.63) is 68.5 Å². The molecule has 0 radical (unpaired) electrons. The van der Waals surface area contributed by atoms with E-state index < -0.39 is 17.9 Å². The molecule has 10 heteroatoms. The number of amides is 2. The molecule has 0 fully saturated rings. The van der Waals surface area contributed by atoms with Gasteiger partial charge in [-0.25, -0.2) is 0 Å². The topological polar surface area (TPSA) is 94.2 Å². The standard InChI is InChI=1S/C29H34N2O6S2/c1-3-4-7-21(15-27(32)31(17-22-8-5-12-38-22)18-23-9-6-13-39-23)29(34)30-24(16-28(33)35-2)20-10-11-25-26(14-20)37-19-36-25/h5-6,8-14,21,24H,3-4,7,15-19H2,1-2H3,(H,30,34)/t21-,24+/m0/s1. The first kappa shape index (κ1) is 28.6. The van der Waals surface area contributed by atoms with E-state index in [1.807, 2.05) is 39.9 Å². The Balaban J connectivity index is 1.51. The average molecular weight is 571 g/mol. The second-order valence-corrected chi connectivity index (χ2v) is 11.5. The maximum atomic E-state index is 13.6. The highest BCUT2D eigenvalue weighted by Gasteiger charge is 2.29. The lowest BCUT2D eigenvalue weighted by atomic mass is 9.95.